The molecule has 1 aliphatic carbocycles. The van der Waals surface area contributed by atoms with Crippen LogP contribution in [-0.2, 0) is 10.0 Å². The average molecular weight is 437 g/mol. The predicted molar refractivity (Wildman–Crippen MR) is 122 cm³/mol. The quantitative estimate of drug-likeness (QED) is 0.402. The highest BCUT2D eigenvalue weighted by atomic mass is 32.2. The highest BCUT2D eigenvalue weighted by Gasteiger charge is 2.22. The Morgan fingerprint density at radius 2 is 2.00 bits per heavy atom. The maximum Gasteiger partial charge on any atom is 0.213 e. The number of guanidine groups is 1. The second-order valence-corrected chi connectivity index (χ2v) is 10.2. The van der Waals surface area contributed by atoms with Crippen molar-refractivity contribution in [1.29, 1.82) is 0 Å². The Bertz CT molecular complexity index is 801. The minimum Gasteiger partial charge on any atom is -0.357 e. The van der Waals surface area contributed by atoms with Crippen molar-refractivity contribution in [3.63, 3.8) is 0 Å². The van der Waals surface area contributed by atoms with Gasteiger partial charge in [0, 0.05) is 37.9 Å². The summed E-state index contributed by atoms with van der Waals surface area (Å²) < 4.78 is 27.1. The predicted octanol–water partition coefficient (Wildman–Crippen LogP) is 1.63. The largest absolute Gasteiger partial charge is 0.357 e. The zero-order valence-electron chi connectivity index (χ0n) is 18.2. The van der Waals surface area contributed by atoms with Crippen LogP contribution >= 0.6 is 0 Å². The van der Waals surface area contributed by atoms with Gasteiger partial charge in [0.1, 0.15) is 5.82 Å². The van der Waals surface area contributed by atoms with E-state index in [4.69, 9.17) is 0 Å². The van der Waals surface area contributed by atoms with E-state index in [1.54, 1.807) is 0 Å². The second-order valence-electron chi connectivity index (χ2n) is 8.27. The summed E-state index contributed by atoms with van der Waals surface area (Å²) in [5.74, 6) is 2.27. The van der Waals surface area contributed by atoms with Crippen LogP contribution in [0.4, 0.5) is 5.82 Å². The number of piperidine rings is 1. The summed E-state index contributed by atoms with van der Waals surface area (Å²) in [5.41, 5.74) is 1.03. The molecule has 1 aromatic rings. The molecule has 30 heavy (non-hydrogen) atoms. The molecule has 0 aromatic carbocycles. The van der Waals surface area contributed by atoms with Gasteiger partial charge in [-0.25, -0.2) is 18.1 Å². The van der Waals surface area contributed by atoms with Crippen molar-refractivity contribution in [3.05, 3.63) is 23.9 Å². The van der Waals surface area contributed by atoms with Gasteiger partial charge in [-0.1, -0.05) is 12.5 Å². The summed E-state index contributed by atoms with van der Waals surface area (Å²) in [6, 6.07) is 6.44. The molecule has 0 bridgehead atoms. The van der Waals surface area contributed by atoms with Gasteiger partial charge in [0.25, 0.3) is 0 Å². The third-order valence-corrected chi connectivity index (χ3v) is 7.15. The van der Waals surface area contributed by atoms with Gasteiger partial charge in [-0.15, -0.1) is 0 Å². The molecule has 1 aliphatic heterocycles. The molecule has 2 heterocycles. The molecule has 2 fully saturated rings. The Morgan fingerprint density at radius 3 is 2.63 bits per heavy atom. The van der Waals surface area contributed by atoms with Crippen LogP contribution in [0.5, 0.6) is 0 Å². The monoisotopic (exact) mass is 436 g/mol. The van der Waals surface area contributed by atoms with Crippen LogP contribution in [0.2, 0.25) is 0 Å². The minimum atomic E-state index is -3.26. The molecule has 1 saturated carbocycles. The first-order chi connectivity index (χ1) is 14.4. The fourth-order valence-electron chi connectivity index (χ4n) is 3.76. The van der Waals surface area contributed by atoms with Crippen LogP contribution in [0.1, 0.15) is 44.7 Å². The van der Waals surface area contributed by atoms with Gasteiger partial charge in [-0.05, 0) is 57.6 Å². The number of rotatable bonds is 9. The summed E-state index contributed by atoms with van der Waals surface area (Å²) in [6.45, 7) is 7.46. The van der Waals surface area contributed by atoms with E-state index in [-0.39, 0.29) is 12.3 Å². The molecular weight excluding hydrogens is 400 g/mol. The lowest BCUT2D eigenvalue weighted by molar-refractivity contribution is 0.316. The molecule has 1 aromatic heterocycles. The summed E-state index contributed by atoms with van der Waals surface area (Å²) in [4.78, 5) is 11.4. The normalized spacial score (nSPS) is 18.9. The van der Waals surface area contributed by atoms with Gasteiger partial charge >= 0.3 is 0 Å². The van der Waals surface area contributed by atoms with Gasteiger partial charge in [-0.3, -0.25) is 4.99 Å². The van der Waals surface area contributed by atoms with Crippen LogP contribution in [0.3, 0.4) is 0 Å². The van der Waals surface area contributed by atoms with Crippen LogP contribution in [0.25, 0.3) is 0 Å². The molecule has 2 aliphatic rings. The maximum atomic E-state index is 12.2. The Kier molecular flexibility index (Phi) is 8.32. The minimum absolute atomic E-state index is 0.0216. The fourth-order valence-corrected chi connectivity index (χ4v) is 4.73. The molecule has 3 rings (SSSR count). The first kappa shape index (κ1) is 22.8. The summed E-state index contributed by atoms with van der Waals surface area (Å²) >= 11 is 0. The van der Waals surface area contributed by atoms with E-state index >= 15 is 0 Å². The number of nitrogens with one attached hydrogen (secondary N) is 3. The molecule has 0 amide bonds. The van der Waals surface area contributed by atoms with Crippen molar-refractivity contribution in [1.82, 2.24) is 20.3 Å². The Morgan fingerprint density at radius 1 is 1.23 bits per heavy atom. The zero-order chi connectivity index (χ0) is 21.4. The van der Waals surface area contributed by atoms with Crippen LogP contribution in [0.15, 0.2) is 23.2 Å². The number of pyridine rings is 1. The topological polar surface area (TPSA) is 98.7 Å². The Balaban J connectivity index is 1.44. The molecule has 9 heteroatoms. The first-order valence-electron chi connectivity index (χ1n) is 11.2. The molecule has 3 N–H and O–H groups in total. The fraction of sp³-hybridized carbons (Fsp3) is 0.714. The highest BCUT2D eigenvalue weighted by molar-refractivity contribution is 7.89. The van der Waals surface area contributed by atoms with Crippen LogP contribution in [0, 0.1) is 12.8 Å². The standard InChI is InChI=1S/C21H36N6O2S/c1-3-22-21(23-12-15-30(28,29)24-16-18-7-5-8-18)26-19-10-13-27(14-11-19)20-9-4-6-17(2)25-20/h4,6,9,18-19,24H,3,5,7-8,10-16H2,1-2H3,(H2,22,23,26). The zero-order valence-corrected chi connectivity index (χ0v) is 19.0. The number of aliphatic imine (C=N–C) groups is 1. The van der Waals surface area contributed by atoms with E-state index < -0.39 is 10.0 Å². The van der Waals surface area contributed by atoms with E-state index in [1.165, 1.54) is 6.42 Å². The molecule has 1 saturated heterocycles. The van der Waals surface area contributed by atoms with Crippen molar-refractivity contribution >= 4 is 21.8 Å². The third kappa shape index (κ3) is 7.12. The van der Waals surface area contributed by atoms with E-state index in [9.17, 15) is 8.42 Å². The van der Waals surface area contributed by atoms with Gasteiger partial charge in [0.05, 0.1) is 12.3 Å². The number of aryl methyl sites for hydroxylation is 1. The third-order valence-electron chi connectivity index (χ3n) is 5.82. The first-order valence-corrected chi connectivity index (χ1v) is 12.8. The van der Waals surface area contributed by atoms with E-state index in [2.05, 4.69) is 36.3 Å². The average Bonchev–Trinajstić information content (AvgIpc) is 2.67. The van der Waals surface area contributed by atoms with Crippen molar-refractivity contribution in [2.45, 2.75) is 52.0 Å². The molecule has 0 spiro atoms. The lowest BCUT2D eigenvalue weighted by atomic mass is 9.86. The Hall–Kier alpha value is -1.87. The van der Waals surface area contributed by atoms with Crippen molar-refractivity contribution in [2.75, 3.05) is 43.4 Å². The lowest BCUT2D eigenvalue weighted by Crippen LogP contribution is -2.49. The smallest absolute Gasteiger partial charge is 0.213 e. The van der Waals surface area contributed by atoms with Gasteiger partial charge in [-0.2, -0.15) is 0 Å². The van der Waals surface area contributed by atoms with E-state index in [1.807, 2.05) is 26.0 Å². The SMILES string of the molecule is CCNC(=NCCS(=O)(=O)NCC1CCC1)NC1CCN(c2cccc(C)n2)CC1. The van der Waals surface area contributed by atoms with Gasteiger partial charge in [0.2, 0.25) is 10.0 Å². The molecule has 0 unspecified atom stereocenters. The summed E-state index contributed by atoms with van der Waals surface area (Å²) in [6.07, 6.45) is 5.46. The molecule has 0 radical (unpaired) electrons. The van der Waals surface area contributed by atoms with E-state index in [0.717, 1.165) is 56.8 Å². The Labute approximate surface area is 181 Å². The number of hydrogen-bond acceptors (Lipinski definition) is 5. The van der Waals surface area contributed by atoms with E-state index in [0.29, 0.717) is 24.5 Å². The number of sulfonamides is 1. The maximum absolute atomic E-state index is 12.2. The summed E-state index contributed by atoms with van der Waals surface area (Å²) in [7, 11) is -3.26. The summed E-state index contributed by atoms with van der Waals surface area (Å²) in [5, 5.41) is 6.70. The van der Waals surface area contributed by atoms with Crippen molar-refractivity contribution in [2.24, 2.45) is 10.9 Å². The number of anilines is 1. The highest BCUT2D eigenvalue weighted by Crippen LogP contribution is 2.25. The van der Waals surface area contributed by atoms with Crippen LogP contribution < -0.4 is 20.3 Å². The lowest BCUT2D eigenvalue weighted by Gasteiger charge is -2.34. The number of hydrogen-bond donors (Lipinski definition) is 3. The number of nitrogens with zero attached hydrogens (tertiary/aromatic N) is 3. The van der Waals surface area contributed by atoms with Crippen molar-refractivity contribution < 1.29 is 8.42 Å². The van der Waals surface area contributed by atoms with Gasteiger partial charge in [0.15, 0.2) is 5.96 Å². The van der Waals surface area contributed by atoms with Crippen molar-refractivity contribution in [3.8, 4) is 0 Å². The molecular formula is C21H36N6O2S. The molecule has 168 valence electrons. The molecule has 0 atom stereocenters. The van der Waals surface area contributed by atoms with Crippen LogP contribution in [-0.4, -0.2) is 63.9 Å². The van der Waals surface area contributed by atoms with Gasteiger partial charge < -0.3 is 15.5 Å². The molecule has 8 nitrogen and oxygen atoms in total. The second kappa shape index (κ2) is 10.9. The number of aromatic nitrogens is 1.